The highest BCUT2D eigenvalue weighted by atomic mass is 32.2. The lowest BCUT2D eigenvalue weighted by Crippen LogP contribution is -1.97. The van der Waals surface area contributed by atoms with Crippen molar-refractivity contribution in [2.45, 2.75) is 17.6 Å². The molecule has 2 aromatic rings. The summed E-state index contributed by atoms with van der Waals surface area (Å²) in [6.07, 6.45) is 0. The lowest BCUT2D eigenvalue weighted by atomic mass is 10.2. The Bertz CT molecular complexity index is 611. The first kappa shape index (κ1) is 13.6. The molecule has 2 nitrogen and oxygen atoms in total. The molecule has 0 radical (unpaired) electrons. The van der Waals surface area contributed by atoms with Crippen molar-refractivity contribution in [3.05, 3.63) is 65.0 Å². The Kier molecular flexibility index (Phi) is 4.22. The summed E-state index contributed by atoms with van der Waals surface area (Å²) in [5.41, 5.74) is 2.34. The Morgan fingerprint density at radius 2 is 2.05 bits per heavy atom. The van der Waals surface area contributed by atoms with Crippen molar-refractivity contribution >= 4 is 17.7 Å². The normalized spacial score (nSPS) is 10.4. The fourth-order valence-electron chi connectivity index (χ4n) is 1.71. The molecule has 19 heavy (non-hydrogen) atoms. The molecule has 0 aliphatic carbocycles. The number of aryl methyl sites for hydroxylation is 1. The zero-order valence-corrected chi connectivity index (χ0v) is 11.2. The minimum Gasteiger partial charge on any atom is -0.478 e. The van der Waals surface area contributed by atoms with Gasteiger partial charge in [-0.05, 0) is 30.7 Å². The molecule has 0 aromatic heterocycles. The van der Waals surface area contributed by atoms with E-state index in [2.05, 4.69) is 0 Å². The van der Waals surface area contributed by atoms with Crippen LogP contribution in [0.2, 0.25) is 0 Å². The van der Waals surface area contributed by atoms with Crippen molar-refractivity contribution in [3.63, 3.8) is 0 Å². The SMILES string of the molecule is Cc1cccc(CSc2cc(C(=O)O)ccc2F)c1. The van der Waals surface area contributed by atoms with Gasteiger partial charge in [-0.15, -0.1) is 11.8 Å². The van der Waals surface area contributed by atoms with Gasteiger partial charge in [0.25, 0.3) is 0 Å². The molecule has 4 heteroatoms. The molecule has 98 valence electrons. The number of carboxylic acids is 1. The average molecular weight is 276 g/mol. The minimum absolute atomic E-state index is 0.105. The van der Waals surface area contributed by atoms with Crippen LogP contribution < -0.4 is 0 Å². The van der Waals surface area contributed by atoms with Crippen LogP contribution in [0.5, 0.6) is 0 Å². The zero-order chi connectivity index (χ0) is 13.8. The van der Waals surface area contributed by atoms with Crippen molar-refractivity contribution < 1.29 is 14.3 Å². The fraction of sp³-hybridized carbons (Fsp3) is 0.133. The van der Waals surface area contributed by atoms with Gasteiger partial charge in [-0.25, -0.2) is 9.18 Å². The van der Waals surface area contributed by atoms with Crippen molar-refractivity contribution in [2.75, 3.05) is 0 Å². The quantitative estimate of drug-likeness (QED) is 0.853. The molecule has 0 unspecified atom stereocenters. The van der Waals surface area contributed by atoms with Crippen molar-refractivity contribution in [3.8, 4) is 0 Å². The van der Waals surface area contributed by atoms with Gasteiger partial charge in [-0.3, -0.25) is 0 Å². The summed E-state index contributed by atoms with van der Waals surface area (Å²) in [5, 5.41) is 8.89. The molecule has 0 heterocycles. The molecule has 0 amide bonds. The highest BCUT2D eigenvalue weighted by molar-refractivity contribution is 7.98. The Labute approximate surface area is 115 Å². The van der Waals surface area contributed by atoms with Gasteiger partial charge in [0.2, 0.25) is 0 Å². The maximum absolute atomic E-state index is 13.6. The van der Waals surface area contributed by atoms with Crippen LogP contribution in [0.1, 0.15) is 21.5 Å². The standard InChI is InChI=1S/C15H13FO2S/c1-10-3-2-4-11(7-10)9-19-14-8-12(15(17)18)5-6-13(14)16/h2-8H,9H2,1H3,(H,17,18). The van der Waals surface area contributed by atoms with Crippen LogP contribution in [0.4, 0.5) is 4.39 Å². The van der Waals surface area contributed by atoms with E-state index < -0.39 is 5.97 Å². The Hall–Kier alpha value is -1.81. The van der Waals surface area contributed by atoms with Crippen LogP contribution in [0, 0.1) is 12.7 Å². The second-order valence-electron chi connectivity index (χ2n) is 4.23. The van der Waals surface area contributed by atoms with E-state index in [1.807, 2.05) is 31.2 Å². The third kappa shape index (κ3) is 3.58. The number of aromatic carboxylic acids is 1. The smallest absolute Gasteiger partial charge is 0.335 e. The first-order valence-corrected chi connectivity index (χ1v) is 6.76. The Balaban J connectivity index is 2.15. The molecule has 2 aromatic carbocycles. The molecule has 2 rings (SSSR count). The van der Waals surface area contributed by atoms with E-state index in [0.717, 1.165) is 11.1 Å². The number of carboxylic acid groups (broad SMARTS) is 1. The van der Waals surface area contributed by atoms with Crippen molar-refractivity contribution in [1.82, 2.24) is 0 Å². The maximum Gasteiger partial charge on any atom is 0.335 e. The van der Waals surface area contributed by atoms with E-state index in [-0.39, 0.29) is 11.4 Å². The monoisotopic (exact) mass is 276 g/mol. The molecule has 1 N–H and O–H groups in total. The number of halogens is 1. The highest BCUT2D eigenvalue weighted by Gasteiger charge is 2.09. The first-order chi connectivity index (χ1) is 9.06. The summed E-state index contributed by atoms with van der Waals surface area (Å²) in [5.74, 6) is -0.818. The van der Waals surface area contributed by atoms with Crippen LogP contribution in [0.25, 0.3) is 0 Å². The molecule has 0 saturated heterocycles. The Morgan fingerprint density at radius 1 is 1.26 bits per heavy atom. The van der Waals surface area contributed by atoms with Gasteiger partial charge in [-0.1, -0.05) is 29.8 Å². The first-order valence-electron chi connectivity index (χ1n) is 5.77. The van der Waals surface area contributed by atoms with Crippen LogP contribution in [0.3, 0.4) is 0 Å². The van der Waals surface area contributed by atoms with E-state index in [1.54, 1.807) is 0 Å². The number of carbonyl (C=O) groups is 1. The minimum atomic E-state index is -1.04. The van der Waals surface area contributed by atoms with Gasteiger partial charge in [0.1, 0.15) is 5.82 Å². The predicted molar refractivity (Wildman–Crippen MR) is 74.1 cm³/mol. The topological polar surface area (TPSA) is 37.3 Å². The molecule has 0 bridgehead atoms. The van der Waals surface area contributed by atoms with Crippen LogP contribution in [0.15, 0.2) is 47.4 Å². The van der Waals surface area contributed by atoms with Gasteiger partial charge in [-0.2, -0.15) is 0 Å². The summed E-state index contributed by atoms with van der Waals surface area (Å²) in [6, 6.07) is 11.8. The molecular formula is C15H13FO2S. The third-order valence-electron chi connectivity index (χ3n) is 2.65. The summed E-state index contributed by atoms with van der Waals surface area (Å²) < 4.78 is 13.6. The number of benzene rings is 2. The number of hydrogen-bond donors (Lipinski definition) is 1. The zero-order valence-electron chi connectivity index (χ0n) is 10.4. The molecule has 0 fully saturated rings. The lowest BCUT2D eigenvalue weighted by molar-refractivity contribution is 0.0696. The average Bonchev–Trinajstić information content (AvgIpc) is 2.37. The van der Waals surface area contributed by atoms with E-state index in [4.69, 9.17) is 5.11 Å². The van der Waals surface area contributed by atoms with Crippen molar-refractivity contribution in [2.24, 2.45) is 0 Å². The van der Waals surface area contributed by atoms with E-state index >= 15 is 0 Å². The van der Waals surface area contributed by atoms with Crippen LogP contribution in [-0.4, -0.2) is 11.1 Å². The number of hydrogen-bond acceptors (Lipinski definition) is 2. The molecule has 0 atom stereocenters. The predicted octanol–water partition coefficient (Wildman–Crippen LogP) is 4.12. The Morgan fingerprint density at radius 3 is 2.74 bits per heavy atom. The van der Waals surface area contributed by atoms with Gasteiger partial charge < -0.3 is 5.11 Å². The summed E-state index contributed by atoms with van der Waals surface area (Å²) >= 11 is 1.30. The third-order valence-corrected chi connectivity index (χ3v) is 3.76. The molecule has 0 saturated carbocycles. The van der Waals surface area contributed by atoms with Gasteiger partial charge >= 0.3 is 5.97 Å². The lowest BCUT2D eigenvalue weighted by Gasteiger charge is -2.05. The highest BCUT2D eigenvalue weighted by Crippen LogP contribution is 2.26. The molecule has 0 aliphatic rings. The van der Waals surface area contributed by atoms with Crippen LogP contribution in [-0.2, 0) is 5.75 Å². The molecular weight excluding hydrogens is 263 g/mol. The maximum atomic E-state index is 13.6. The largest absolute Gasteiger partial charge is 0.478 e. The van der Waals surface area contributed by atoms with Crippen molar-refractivity contribution in [1.29, 1.82) is 0 Å². The van der Waals surface area contributed by atoms with E-state index in [0.29, 0.717) is 10.6 Å². The van der Waals surface area contributed by atoms with Crippen LogP contribution >= 0.6 is 11.8 Å². The molecule has 0 aliphatic heterocycles. The van der Waals surface area contributed by atoms with E-state index in [1.165, 1.54) is 30.0 Å². The van der Waals surface area contributed by atoms with Gasteiger partial charge in [0.15, 0.2) is 0 Å². The number of rotatable bonds is 4. The summed E-state index contributed by atoms with van der Waals surface area (Å²) in [4.78, 5) is 11.2. The van der Waals surface area contributed by atoms with E-state index in [9.17, 15) is 9.18 Å². The number of thioether (sulfide) groups is 1. The summed E-state index contributed by atoms with van der Waals surface area (Å²) in [7, 11) is 0. The van der Waals surface area contributed by atoms with Gasteiger partial charge in [0.05, 0.1) is 5.56 Å². The second-order valence-corrected chi connectivity index (χ2v) is 5.25. The second kappa shape index (κ2) is 5.89. The molecule has 0 spiro atoms. The van der Waals surface area contributed by atoms with Gasteiger partial charge in [0, 0.05) is 10.6 Å². The fourth-order valence-corrected chi connectivity index (χ4v) is 2.63. The summed E-state index contributed by atoms with van der Waals surface area (Å²) in [6.45, 7) is 2.00.